The molecular weight excluding hydrogens is 418 g/mol. The number of aryl methyl sites for hydroxylation is 2. The Kier molecular flexibility index (Phi) is 8.67. The van der Waals surface area contributed by atoms with Crippen molar-refractivity contribution in [2.75, 3.05) is 13.6 Å². The first-order valence-electron chi connectivity index (χ1n) is 7.69. The topological polar surface area (TPSA) is 49.3 Å². The predicted octanol–water partition coefficient (Wildman–Crippen LogP) is 3.36. The van der Waals surface area contributed by atoms with Gasteiger partial charge in [0, 0.05) is 32.5 Å². The van der Waals surface area contributed by atoms with E-state index in [4.69, 9.17) is 0 Å². The van der Waals surface area contributed by atoms with Gasteiger partial charge < -0.3 is 10.6 Å². The molecule has 0 fully saturated rings. The minimum absolute atomic E-state index is 0. The van der Waals surface area contributed by atoms with Crippen molar-refractivity contribution in [1.82, 2.24) is 15.6 Å². The fourth-order valence-corrected chi connectivity index (χ4v) is 2.25. The van der Waals surface area contributed by atoms with Gasteiger partial charge in [-0.25, -0.2) is 4.39 Å². The fraction of sp³-hybridized carbons (Fsp3) is 0.333. The van der Waals surface area contributed by atoms with E-state index in [1.54, 1.807) is 32.3 Å². The number of halogens is 2. The number of aromatic nitrogens is 1. The van der Waals surface area contributed by atoms with Gasteiger partial charge in [-0.3, -0.25) is 9.98 Å². The molecule has 0 saturated heterocycles. The van der Waals surface area contributed by atoms with Crippen molar-refractivity contribution in [2.24, 2.45) is 4.99 Å². The van der Waals surface area contributed by atoms with Gasteiger partial charge in [0.2, 0.25) is 0 Å². The first kappa shape index (κ1) is 20.3. The van der Waals surface area contributed by atoms with E-state index in [2.05, 4.69) is 27.5 Å². The van der Waals surface area contributed by atoms with Crippen molar-refractivity contribution in [3.05, 3.63) is 64.7 Å². The van der Waals surface area contributed by atoms with Crippen LogP contribution >= 0.6 is 24.0 Å². The second-order valence-electron chi connectivity index (χ2n) is 5.49. The Bertz CT molecular complexity index is 688. The van der Waals surface area contributed by atoms with Crippen LogP contribution in [0.2, 0.25) is 0 Å². The Balaban J connectivity index is 0.00000288. The normalized spacial score (nSPS) is 10.9. The molecule has 0 spiro atoms. The van der Waals surface area contributed by atoms with Gasteiger partial charge in [0.1, 0.15) is 5.82 Å². The summed E-state index contributed by atoms with van der Waals surface area (Å²) in [5.74, 6) is 0.526. The summed E-state index contributed by atoms with van der Waals surface area (Å²) in [4.78, 5) is 8.28. The van der Waals surface area contributed by atoms with Gasteiger partial charge in [0.15, 0.2) is 5.96 Å². The van der Waals surface area contributed by atoms with Gasteiger partial charge in [-0.2, -0.15) is 0 Å². The third-order valence-corrected chi connectivity index (χ3v) is 3.74. The average molecular weight is 442 g/mol. The van der Waals surface area contributed by atoms with Crippen LogP contribution in [0.15, 0.2) is 41.7 Å². The van der Waals surface area contributed by atoms with Gasteiger partial charge in [-0.1, -0.05) is 12.1 Å². The zero-order valence-corrected chi connectivity index (χ0v) is 16.6. The van der Waals surface area contributed by atoms with Crippen LogP contribution < -0.4 is 10.6 Å². The summed E-state index contributed by atoms with van der Waals surface area (Å²) >= 11 is 0. The van der Waals surface area contributed by atoms with Crippen LogP contribution in [0.5, 0.6) is 0 Å². The summed E-state index contributed by atoms with van der Waals surface area (Å²) in [6.45, 7) is 5.12. The van der Waals surface area contributed by atoms with E-state index in [9.17, 15) is 4.39 Å². The summed E-state index contributed by atoms with van der Waals surface area (Å²) in [5, 5.41) is 6.46. The zero-order valence-electron chi connectivity index (χ0n) is 14.3. The lowest BCUT2D eigenvalue weighted by atomic mass is 10.1. The van der Waals surface area contributed by atoms with Crippen molar-refractivity contribution in [3.8, 4) is 0 Å². The molecule has 0 radical (unpaired) electrons. The van der Waals surface area contributed by atoms with Crippen LogP contribution in [0.1, 0.15) is 22.3 Å². The number of nitrogens with one attached hydrogen (secondary N) is 2. The molecule has 1 aromatic carbocycles. The molecule has 130 valence electrons. The highest BCUT2D eigenvalue weighted by atomic mass is 127. The van der Waals surface area contributed by atoms with Crippen LogP contribution in [-0.4, -0.2) is 24.5 Å². The minimum atomic E-state index is -0.180. The largest absolute Gasteiger partial charge is 0.356 e. The zero-order chi connectivity index (χ0) is 16.7. The molecule has 2 rings (SSSR count). The van der Waals surface area contributed by atoms with Crippen LogP contribution in [0.4, 0.5) is 4.39 Å². The molecule has 1 aromatic heterocycles. The van der Waals surface area contributed by atoms with Crippen molar-refractivity contribution in [1.29, 1.82) is 0 Å². The lowest BCUT2D eigenvalue weighted by Gasteiger charge is -2.13. The average Bonchev–Trinajstić information content (AvgIpc) is 2.55. The number of rotatable bonds is 5. The number of aliphatic imine (C=N–C) groups is 1. The van der Waals surface area contributed by atoms with Crippen molar-refractivity contribution >= 4 is 29.9 Å². The number of hydrogen-bond acceptors (Lipinski definition) is 2. The van der Waals surface area contributed by atoms with Crippen LogP contribution in [0, 0.1) is 19.7 Å². The van der Waals surface area contributed by atoms with E-state index in [0.29, 0.717) is 18.1 Å². The molecular formula is C18H24FIN4. The maximum Gasteiger partial charge on any atom is 0.191 e. The molecule has 0 aliphatic rings. The first-order valence-corrected chi connectivity index (χ1v) is 7.69. The number of guanidine groups is 1. The highest BCUT2D eigenvalue weighted by Crippen LogP contribution is 2.09. The summed E-state index contributed by atoms with van der Waals surface area (Å²) in [6, 6.07) is 7.28. The molecule has 0 bridgehead atoms. The molecule has 0 aliphatic carbocycles. The molecule has 1 heterocycles. The van der Waals surface area contributed by atoms with Gasteiger partial charge in [0.05, 0.1) is 0 Å². The van der Waals surface area contributed by atoms with Crippen LogP contribution in [0.25, 0.3) is 0 Å². The standard InChI is InChI=1S/C18H23FN4.HI/c1-13-4-5-15(10-17(13)19)12-23-18(20-3)22-9-7-16-6-8-21-11-14(16)2;/h4-6,8,10-11H,7,9,12H2,1-3H3,(H2,20,22,23);1H. The second kappa shape index (κ2) is 10.2. The van der Waals surface area contributed by atoms with E-state index in [1.807, 2.05) is 18.3 Å². The third kappa shape index (κ3) is 6.07. The van der Waals surface area contributed by atoms with E-state index < -0.39 is 0 Å². The van der Waals surface area contributed by atoms with Gasteiger partial charge in [0.25, 0.3) is 0 Å². The molecule has 0 unspecified atom stereocenters. The smallest absolute Gasteiger partial charge is 0.191 e. The SMILES string of the molecule is CN=C(NCCc1ccncc1C)NCc1ccc(C)c(F)c1.I. The number of hydrogen-bond donors (Lipinski definition) is 2. The third-order valence-electron chi connectivity index (χ3n) is 3.74. The molecule has 6 heteroatoms. The molecule has 0 aliphatic heterocycles. The van der Waals surface area contributed by atoms with Gasteiger partial charge in [-0.05, 0) is 54.7 Å². The minimum Gasteiger partial charge on any atom is -0.356 e. The van der Waals surface area contributed by atoms with E-state index in [1.165, 1.54) is 11.1 Å². The Labute approximate surface area is 160 Å². The van der Waals surface area contributed by atoms with Crippen molar-refractivity contribution < 1.29 is 4.39 Å². The molecule has 2 aromatic rings. The van der Waals surface area contributed by atoms with Gasteiger partial charge in [-0.15, -0.1) is 24.0 Å². The highest BCUT2D eigenvalue weighted by molar-refractivity contribution is 14.0. The second-order valence-corrected chi connectivity index (χ2v) is 5.49. The lowest BCUT2D eigenvalue weighted by molar-refractivity contribution is 0.615. The Hall–Kier alpha value is -1.70. The number of benzene rings is 1. The molecule has 24 heavy (non-hydrogen) atoms. The summed E-state index contributed by atoms with van der Waals surface area (Å²) in [7, 11) is 1.72. The predicted molar refractivity (Wildman–Crippen MR) is 107 cm³/mol. The summed E-state index contributed by atoms with van der Waals surface area (Å²) < 4.78 is 13.5. The Morgan fingerprint density at radius 3 is 2.62 bits per heavy atom. The molecule has 2 N–H and O–H groups in total. The van der Waals surface area contributed by atoms with E-state index >= 15 is 0 Å². The molecule has 4 nitrogen and oxygen atoms in total. The monoisotopic (exact) mass is 442 g/mol. The Morgan fingerprint density at radius 2 is 1.96 bits per heavy atom. The van der Waals surface area contributed by atoms with Crippen LogP contribution in [0.3, 0.4) is 0 Å². The molecule has 0 atom stereocenters. The molecule has 0 amide bonds. The maximum absolute atomic E-state index is 13.5. The number of nitrogens with zero attached hydrogens (tertiary/aromatic N) is 2. The summed E-state index contributed by atoms with van der Waals surface area (Å²) in [5.41, 5.74) is 4.00. The van der Waals surface area contributed by atoms with Crippen LogP contribution in [-0.2, 0) is 13.0 Å². The Morgan fingerprint density at radius 1 is 1.17 bits per heavy atom. The summed E-state index contributed by atoms with van der Waals surface area (Å²) in [6.07, 6.45) is 4.57. The number of pyridine rings is 1. The van der Waals surface area contributed by atoms with Gasteiger partial charge >= 0.3 is 0 Å². The van der Waals surface area contributed by atoms with E-state index in [-0.39, 0.29) is 29.8 Å². The fourth-order valence-electron chi connectivity index (χ4n) is 2.25. The van der Waals surface area contributed by atoms with Crippen molar-refractivity contribution in [3.63, 3.8) is 0 Å². The quantitative estimate of drug-likeness (QED) is 0.424. The van der Waals surface area contributed by atoms with E-state index in [0.717, 1.165) is 18.5 Å². The molecule has 0 saturated carbocycles. The van der Waals surface area contributed by atoms with Crippen molar-refractivity contribution in [2.45, 2.75) is 26.8 Å². The lowest BCUT2D eigenvalue weighted by Crippen LogP contribution is -2.37. The first-order chi connectivity index (χ1) is 11.1. The highest BCUT2D eigenvalue weighted by Gasteiger charge is 2.02. The maximum atomic E-state index is 13.5.